The van der Waals surface area contributed by atoms with Crippen LogP contribution in [0.3, 0.4) is 0 Å². The molecule has 0 radical (unpaired) electrons. The van der Waals surface area contributed by atoms with Crippen LogP contribution in [0.25, 0.3) is 11.3 Å². The Morgan fingerprint density at radius 2 is 1.87 bits per heavy atom. The summed E-state index contributed by atoms with van der Waals surface area (Å²) in [6.07, 6.45) is 8.28. The third-order valence-electron chi connectivity index (χ3n) is 5.63. The minimum Gasteiger partial charge on any atom is -0.393 e. The Labute approximate surface area is 174 Å². The largest absolute Gasteiger partial charge is 0.393 e. The molecule has 0 aliphatic carbocycles. The number of aliphatic hydroxyl groups excluding tert-OH is 1. The second-order valence-corrected chi connectivity index (χ2v) is 7.54. The molecule has 0 aromatic carbocycles. The molecular formula is C22H22N6O2. The van der Waals surface area contributed by atoms with Crippen LogP contribution in [-0.4, -0.2) is 45.2 Å². The molecule has 2 aliphatic rings. The van der Waals surface area contributed by atoms with E-state index < -0.39 is 0 Å². The number of carbonyl (C=O) groups is 1. The Balaban J connectivity index is 1.40. The Morgan fingerprint density at radius 1 is 1.07 bits per heavy atom. The number of pyridine rings is 3. The van der Waals surface area contributed by atoms with Crippen molar-refractivity contribution in [3.63, 3.8) is 0 Å². The van der Waals surface area contributed by atoms with Crippen molar-refractivity contribution >= 4 is 23.1 Å². The summed E-state index contributed by atoms with van der Waals surface area (Å²) in [5, 5.41) is 15.8. The monoisotopic (exact) mass is 402 g/mol. The molecule has 0 spiro atoms. The summed E-state index contributed by atoms with van der Waals surface area (Å²) < 4.78 is 0. The van der Waals surface area contributed by atoms with E-state index >= 15 is 0 Å². The summed E-state index contributed by atoms with van der Waals surface area (Å²) in [5.74, 6) is 0.532. The van der Waals surface area contributed by atoms with Gasteiger partial charge in [-0.15, -0.1) is 0 Å². The predicted molar refractivity (Wildman–Crippen MR) is 114 cm³/mol. The summed E-state index contributed by atoms with van der Waals surface area (Å²) in [7, 11) is 0. The van der Waals surface area contributed by atoms with Crippen molar-refractivity contribution in [1.29, 1.82) is 0 Å². The number of amides is 1. The van der Waals surface area contributed by atoms with Gasteiger partial charge in [0.25, 0.3) is 5.91 Å². The van der Waals surface area contributed by atoms with Crippen molar-refractivity contribution in [3.8, 4) is 11.3 Å². The SMILES string of the molecule is O=C1NCc2c(-c3ccncc3)ncc(Nc3ccc(N4CCC(O)CC4)cn3)c21. The molecule has 5 heterocycles. The molecule has 0 saturated carbocycles. The Hall–Kier alpha value is -3.52. The van der Waals surface area contributed by atoms with Crippen molar-refractivity contribution in [2.45, 2.75) is 25.5 Å². The van der Waals surface area contributed by atoms with Gasteiger partial charge in [0, 0.05) is 43.2 Å². The van der Waals surface area contributed by atoms with Gasteiger partial charge in [0.15, 0.2) is 0 Å². The first kappa shape index (κ1) is 18.5. The quantitative estimate of drug-likeness (QED) is 0.616. The maximum absolute atomic E-state index is 12.5. The summed E-state index contributed by atoms with van der Waals surface area (Å²) in [5.41, 5.74) is 4.86. The van der Waals surface area contributed by atoms with Crippen LogP contribution in [0.2, 0.25) is 0 Å². The minimum atomic E-state index is -0.203. The first-order chi connectivity index (χ1) is 14.7. The maximum Gasteiger partial charge on any atom is 0.254 e. The van der Waals surface area contributed by atoms with Crippen LogP contribution in [0.15, 0.2) is 49.1 Å². The van der Waals surface area contributed by atoms with Gasteiger partial charge in [-0.2, -0.15) is 0 Å². The van der Waals surface area contributed by atoms with Crippen LogP contribution in [0.5, 0.6) is 0 Å². The number of aromatic nitrogens is 3. The van der Waals surface area contributed by atoms with Crippen molar-refractivity contribution in [2.24, 2.45) is 0 Å². The topological polar surface area (TPSA) is 103 Å². The third kappa shape index (κ3) is 3.46. The molecule has 30 heavy (non-hydrogen) atoms. The molecular weight excluding hydrogens is 380 g/mol. The van der Waals surface area contributed by atoms with Crippen LogP contribution >= 0.6 is 0 Å². The van der Waals surface area contributed by atoms with Crippen LogP contribution < -0.4 is 15.5 Å². The highest BCUT2D eigenvalue weighted by Gasteiger charge is 2.27. The second kappa shape index (κ2) is 7.72. The molecule has 2 aliphatic heterocycles. The van der Waals surface area contributed by atoms with E-state index in [1.165, 1.54) is 0 Å². The van der Waals surface area contributed by atoms with Crippen molar-refractivity contribution in [2.75, 3.05) is 23.3 Å². The number of hydrogen-bond acceptors (Lipinski definition) is 7. The number of piperidine rings is 1. The van der Waals surface area contributed by atoms with Gasteiger partial charge in [-0.1, -0.05) is 0 Å². The van der Waals surface area contributed by atoms with E-state index in [4.69, 9.17) is 0 Å². The molecule has 1 amide bonds. The summed E-state index contributed by atoms with van der Waals surface area (Å²) in [4.78, 5) is 27.9. The molecule has 0 bridgehead atoms. The zero-order valence-corrected chi connectivity index (χ0v) is 16.4. The number of fused-ring (bicyclic) bond motifs is 1. The highest BCUT2D eigenvalue weighted by atomic mass is 16.3. The van der Waals surface area contributed by atoms with E-state index in [1.807, 2.05) is 30.5 Å². The van der Waals surface area contributed by atoms with E-state index in [2.05, 4.69) is 30.5 Å². The Morgan fingerprint density at radius 3 is 2.60 bits per heavy atom. The van der Waals surface area contributed by atoms with E-state index in [-0.39, 0.29) is 12.0 Å². The number of aliphatic hydroxyl groups is 1. The first-order valence-corrected chi connectivity index (χ1v) is 10.1. The average Bonchev–Trinajstić information content (AvgIpc) is 3.18. The Kier molecular flexibility index (Phi) is 4.76. The fourth-order valence-corrected chi connectivity index (χ4v) is 4.00. The minimum absolute atomic E-state index is 0.117. The lowest BCUT2D eigenvalue weighted by Gasteiger charge is -2.31. The molecule has 1 fully saturated rings. The van der Waals surface area contributed by atoms with Crippen LogP contribution in [0, 0.1) is 0 Å². The maximum atomic E-state index is 12.5. The average molecular weight is 402 g/mol. The van der Waals surface area contributed by atoms with Gasteiger partial charge >= 0.3 is 0 Å². The molecule has 152 valence electrons. The second-order valence-electron chi connectivity index (χ2n) is 7.54. The van der Waals surface area contributed by atoms with Crippen LogP contribution in [0.4, 0.5) is 17.2 Å². The van der Waals surface area contributed by atoms with Crippen LogP contribution in [0.1, 0.15) is 28.8 Å². The van der Waals surface area contributed by atoms with Crippen molar-refractivity contribution in [3.05, 3.63) is 60.2 Å². The van der Waals surface area contributed by atoms with Gasteiger partial charge in [0.05, 0.1) is 41.1 Å². The zero-order valence-electron chi connectivity index (χ0n) is 16.4. The number of nitrogens with zero attached hydrogens (tertiary/aromatic N) is 4. The zero-order chi connectivity index (χ0) is 20.5. The molecule has 3 aromatic rings. The lowest BCUT2D eigenvalue weighted by molar-refractivity contribution is 0.0966. The third-order valence-corrected chi connectivity index (χ3v) is 5.63. The number of nitrogens with one attached hydrogen (secondary N) is 2. The summed E-state index contributed by atoms with van der Waals surface area (Å²) >= 11 is 0. The van der Waals surface area contributed by atoms with E-state index in [9.17, 15) is 9.90 Å². The molecule has 1 saturated heterocycles. The number of anilines is 3. The number of rotatable bonds is 4. The van der Waals surface area contributed by atoms with E-state index in [0.29, 0.717) is 23.6 Å². The normalized spacial score (nSPS) is 16.3. The molecule has 8 heteroatoms. The van der Waals surface area contributed by atoms with Gasteiger partial charge < -0.3 is 20.6 Å². The lowest BCUT2D eigenvalue weighted by atomic mass is 10.0. The molecule has 0 atom stereocenters. The number of hydrogen-bond donors (Lipinski definition) is 3. The van der Waals surface area contributed by atoms with E-state index in [0.717, 1.165) is 48.4 Å². The van der Waals surface area contributed by atoms with Crippen molar-refractivity contribution in [1.82, 2.24) is 20.3 Å². The smallest absolute Gasteiger partial charge is 0.254 e. The predicted octanol–water partition coefficient (Wildman–Crippen LogP) is 2.49. The fourth-order valence-electron chi connectivity index (χ4n) is 4.00. The number of carbonyl (C=O) groups excluding carboxylic acids is 1. The van der Waals surface area contributed by atoms with Gasteiger partial charge in [-0.25, -0.2) is 4.98 Å². The van der Waals surface area contributed by atoms with E-state index in [1.54, 1.807) is 18.6 Å². The molecule has 5 rings (SSSR count). The molecule has 3 aromatic heterocycles. The van der Waals surface area contributed by atoms with Crippen molar-refractivity contribution < 1.29 is 9.90 Å². The van der Waals surface area contributed by atoms with Gasteiger partial charge in [0.2, 0.25) is 0 Å². The van der Waals surface area contributed by atoms with Gasteiger partial charge in [0.1, 0.15) is 5.82 Å². The molecule has 0 unspecified atom stereocenters. The lowest BCUT2D eigenvalue weighted by Crippen LogP contribution is -2.35. The Bertz CT molecular complexity index is 1060. The standard InChI is InChI=1S/C22H22N6O2/c29-16-5-9-28(10-6-16)15-1-2-19(24-11-15)27-18-13-25-21(14-3-7-23-8-4-14)17-12-26-22(30)20(17)18/h1-4,7-8,11,13,16,29H,5-6,9-10,12H2,(H,24,27)(H,26,30). The van der Waals surface area contributed by atoms with Gasteiger partial charge in [-0.3, -0.25) is 14.8 Å². The highest BCUT2D eigenvalue weighted by molar-refractivity contribution is 6.05. The first-order valence-electron chi connectivity index (χ1n) is 10.1. The fraction of sp³-hybridized carbons (Fsp3) is 0.273. The highest BCUT2D eigenvalue weighted by Crippen LogP contribution is 2.33. The summed E-state index contributed by atoms with van der Waals surface area (Å²) in [6.45, 7) is 2.09. The molecule has 8 nitrogen and oxygen atoms in total. The summed E-state index contributed by atoms with van der Waals surface area (Å²) in [6, 6.07) is 7.68. The van der Waals surface area contributed by atoms with Crippen LogP contribution in [-0.2, 0) is 6.54 Å². The molecule has 3 N–H and O–H groups in total. The van der Waals surface area contributed by atoms with Gasteiger partial charge in [-0.05, 0) is 37.1 Å².